The molecular weight excluding hydrogens is 370 g/mol. The molecule has 1 unspecified atom stereocenters. The van der Waals surface area contributed by atoms with Crippen molar-refractivity contribution in [1.29, 1.82) is 0 Å². The standard InChI is InChI=1S/C19H31BrO3.H3N/c1-3-5-6-7-8-12-15-18(4-2,19(21,22)16-20)23-17-13-10-9-11-14-17;/h9-11,13-14,21-22H,3-8,12,15-16H2,1-2H3;1H3. The first-order chi connectivity index (χ1) is 11.0. The quantitative estimate of drug-likeness (QED) is 0.254. The normalized spacial score (nSPS) is 13.9. The lowest BCUT2D eigenvalue weighted by atomic mass is 9.85. The highest BCUT2D eigenvalue weighted by Gasteiger charge is 2.49. The minimum absolute atomic E-state index is 0. The third kappa shape index (κ3) is 6.71. The molecule has 0 aromatic heterocycles. The lowest BCUT2D eigenvalue weighted by molar-refractivity contribution is -0.252. The molecule has 0 bridgehead atoms. The Balaban J connectivity index is 0.00000529. The summed E-state index contributed by atoms with van der Waals surface area (Å²) in [7, 11) is 0. The average molecular weight is 404 g/mol. The van der Waals surface area contributed by atoms with E-state index in [2.05, 4.69) is 22.9 Å². The summed E-state index contributed by atoms with van der Waals surface area (Å²) in [5.74, 6) is -1.23. The number of benzene rings is 1. The molecule has 5 N–H and O–H groups in total. The van der Waals surface area contributed by atoms with Crippen LogP contribution in [0.25, 0.3) is 0 Å². The van der Waals surface area contributed by atoms with E-state index in [-0.39, 0.29) is 11.5 Å². The second-order valence-corrected chi connectivity index (χ2v) is 6.79. The molecule has 0 aliphatic carbocycles. The molecule has 1 aromatic carbocycles. The van der Waals surface area contributed by atoms with Crippen LogP contribution in [0.5, 0.6) is 5.75 Å². The van der Waals surface area contributed by atoms with Gasteiger partial charge < -0.3 is 21.1 Å². The van der Waals surface area contributed by atoms with Crippen LogP contribution in [0.3, 0.4) is 0 Å². The van der Waals surface area contributed by atoms with Gasteiger partial charge in [-0.15, -0.1) is 0 Å². The maximum absolute atomic E-state index is 10.5. The van der Waals surface area contributed by atoms with Crippen molar-refractivity contribution < 1.29 is 14.9 Å². The molecule has 0 aliphatic rings. The van der Waals surface area contributed by atoms with Crippen LogP contribution >= 0.6 is 15.9 Å². The Hall–Kier alpha value is -0.620. The minimum Gasteiger partial charge on any atom is -0.482 e. The highest BCUT2D eigenvalue weighted by atomic mass is 79.9. The summed E-state index contributed by atoms with van der Waals surface area (Å²) >= 11 is 3.22. The highest BCUT2D eigenvalue weighted by molar-refractivity contribution is 9.09. The van der Waals surface area contributed by atoms with Gasteiger partial charge in [0.05, 0.1) is 5.33 Å². The molecule has 0 amide bonds. The maximum Gasteiger partial charge on any atom is 0.213 e. The first kappa shape index (κ1) is 23.4. The van der Waals surface area contributed by atoms with Gasteiger partial charge in [-0.1, -0.05) is 80.1 Å². The van der Waals surface area contributed by atoms with Crippen molar-refractivity contribution in [2.75, 3.05) is 5.33 Å². The number of hydrogen-bond acceptors (Lipinski definition) is 4. The van der Waals surface area contributed by atoms with E-state index in [1.54, 1.807) is 0 Å². The van der Waals surface area contributed by atoms with Gasteiger partial charge in [0.15, 0.2) is 5.60 Å². The predicted octanol–water partition coefficient (Wildman–Crippen LogP) is 5.20. The van der Waals surface area contributed by atoms with Gasteiger partial charge in [0.1, 0.15) is 5.75 Å². The van der Waals surface area contributed by atoms with Gasteiger partial charge in [-0.25, -0.2) is 0 Å². The molecule has 1 rings (SSSR count). The van der Waals surface area contributed by atoms with Crippen LogP contribution < -0.4 is 10.9 Å². The lowest BCUT2D eigenvalue weighted by Crippen LogP contribution is -2.59. The largest absolute Gasteiger partial charge is 0.482 e. The Morgan fingerprint density at radius 3 is 2.08 bits per heavy atom. The van der Waals surface area contributed by atoms with E-state index in [1.165, 1.54) is 25.7 Å². The Bertz CT molecular complexity index is 428. The Kier molecular flexibility index (Phi) is 11.5. The second-order valence-electron chi connectivity index (χ2n) is 6.23. The van der Waals surface area contributed by atoms with Crippen molar-refractivity contribution in [3.8, 4) is 5.75 Å². The number of unbranched alkanes of at least 4 members (excludes halogenated alkanes) is 5. The van der Waals surface area contributed by atoms with Gasteiger partial charge in [0.25, 0.3) is 0 Å². The van der Waals surface area contributed by atoms with E-state index in [9.17, 15) is 10.2 Å². The third-order valence-electron chi connectivity index (χ3n) is 4.48. The van der Waals surface area contributed by atoms with E-state index < -0.39 is 11.4 Å². The number of rotatable bonds is 12. The molecule has 4 nitrogen and oxygen atoms in total. The first-order valence-electron chi connectivity index (χ1n) is 8.76. The summed E-state index contributed by atoms with van der Waals surface area (Å²) in [6.45, 7) is 4.15. The van der Waals surface area contributed by atoms with Crippen LogP contribution in [-0.2, 0) is 0 Å². The molecule has 0 saturated carbocycles. The summed E-state index contributed by atoms with van der Waals surface area (Å²) in [6, 6.07) is 9.42. The van der Waals surface area contributed by atoms with Gasteiger partial charge >= 0.3 is 0 Å². The number of ether oxygens (including phenoxy) is 1. The number of halogens is 1. The molecule has 1 atom stereocenters. The number of hydrogen-bond donors (Lipinski definition) is 3. The summed E-state index contributed by atoms with van der Waals surface area (Å²) in [5, 5.41) is 21.1. The van der Waals surface area contributed by atoms with Gasteiger partial charge in [-0.2, -0.15) is 0 Å². The number of aliphatic hydroxyl groups is 2. The molecule has 0 spiro atoms. The zero-order valence-electron chi connectivity index (χ0n) is 15.1. The minimum atomic E-state index is -1.90. The summed E-state index contributed by atoms with van der Waals surface area (Å²) in [6.07, 6.45) is 8.13. The van der Waals surface area contributed by atoms with Gasteiger partial charge in [0.2, 0.25) is 5.79 Å². The monoisotopic (exact) mass is 403 g/mol. The molecule has 0 aliphatic heterocycles. The molecule has 5 heteroatoms. The summed E-state index contributed by atoms with van der Waals surface area (Å²) in [5.41, 5.74) is -0.997. The van der Waals surface area contributed by atoms with Crippen LogP contribution in [0.1, 0.15) is 65.2 Å². The average Bonchev–Trinajstić information content (AvgIpc) is 2.57. The molecule has 24 heavy (non-hydrogen) atoms. The lowest BCUT2D eigenvalue weighted by Gasteiger charge is -2.42. The fraction of sp³-hybridized carbons (Fsp3) is 0.684. The van der Waals surface area contributed by atoms with E-state index >= 15 is 0 Å². The first-order valence-corrected chi connectivity index (χ1v) is 9.88. The Morgan fingerprint density at radius 1 is 0.958 bits per heavy atom. The smallest absolute Gasteiger partial charge is 0.213 e. The zero-order chi connectivity index (χ0) is 17.2. The molecule has 140 valence electrons. The summed E-state index contributed by atoms with van der Waals surface area (Å²) < 4.78 is 6.10. The van der Waals surface area contributed by atoms with Crippen molar-refractivity contribution in [3.05, 3.63) is 30.3 Å². The number of alkyl halides is 1. The predicted molar refractivity (Wildman–Crippen MR) is 104 cm³/mol. The van der Waals surface area contributed by atoms with Crippen LogP contribution in [0.15, 0.2) is 30.3 Å². The fourth-order valence-electron chi connectivity index (χ4n) is 2.89. The van der Waals surface area contributed by atoms with Crippen LogP contribution in [0.2, 0.25) is 0 Å². The number of para-hydroxylation sites is 1. The van der Waals surface area contributed by atoms with Gasteiger partial charge in [-0.05, 0) is 31.4 Å². The van der Waals surface area contributed by atoms with Crippen LogP contribution in [0, 0.1) is 0 Å². The molecule has 0 fully saturated rings. The second kappa shape index (κ2) is 11.9. The Labute approximate surface area is 155 Å². The zero-order valence-corrected chi connectivity index (χ0v) is 16.7. The van der Waals surface area contributed by atoms with E-state index in [0.29, 0.717) is 18.6 Å². The van der Waals surface area contributed by atoms with E-state index in [4.69, 9.17) is 4.74 Å². The summed E-state index contributed by atoms with van der Waals surface area (Å²) in [4.78, 5) is 0. The molecule has 1 aromatic rings. The van der Waals surface area contributed by atoms with Crippen LogP contribution in [-0.4, -0.2) is 26.9 Å². The SMILES string of the molecule is CCCCCCCCC(CC)(Oc1ccccc1)C(O)(O)CBr.N. The van der Waals surface area contributed by atoms with E-state index in [0.717, 1.165) is 12.8 Å². The molecule has 0 heterocycles. The van der Waals surface area contributed by atoms with Crippen molar-refractivity contribution >= 4 is 15.9 Å². The van der Waals surface area contributed by atoms with Gasteiger partial charge in [-0.3, -0.25) is 0 Å². The van der Waals surface area contributed by atoms with Gasteiger partial charge in [0, 0.05) is 0 Å². The third-order valence-corrected chi connectivity index (χ3v) is 5.26. The molecule has 0 saturated heterocycles. The van der Waals surface area contributed by atoms with Crippen molar-refractivity contribution in [3.63, 3.8) is 0 Å². The molecule has 0 radical (unpaired) electrons. The topological polar surface area (TPSA) is 84.7 Å². The highest BCUT2D eigenvalue weighted by Crippen LogP contribution is 2.36. The van der Waals surface area contributed by atoms with E-state index in [1.807, 2.05) is 37.3 Å². The van der Waals surface area contributed by atoms with Crippen molar-refractivity contribution in [1.82, 2.24) is 6.15 Å². The van der Waals surface area contributed by atoms with Crippen molar-refractivity contribution in [2.24, 2.45) is 0 Å². The van der Waals surface area contributed by atoms with Crippen LogP contribution in [0.4, 0.5) is 0 Å². The fourth-order valence-corrected chi connectivity index (χ4v) is 3.40. The Morgan fingerprint density at radius 2 is 1.54 bits per heavy atom. The molecular formula is C19H34BrNO3. The maximum atomic E-state index is 10.5. The van der Waals surface area contributed by atoms with Crippen molar-refractivity contribution in [2.45, 2.75) is 76.6 Å².